The molecule has 0 amide bonds. The summed E-state index contributed by atoms with van der Waals surface area (Å²) in [5.74, 6) is 0. The van der Waals surface area contributed by atoms with Crippen molar-refractivity contribution in [2.24, 2.45) is 0 Å². The van der Waals surface area contributed by atoms with Gasteiger partial charge >= 0.3 is 0 Å². The Balaban J connectivity index is 1.73. The molecule has 0 saturated carbocycles. The molecule has 0 spiro atoms. The lowest BCUT2D eigenvalue weighted by Gasteiger charge is -2.11. The van der Waals surface area contributed by atoms with Gasteiger partial charge in [0.2, 0.25) is 0 Å². The Labute approximate surface area is 179 Å². The first-order valence-corrected chi connectivity index (χ1v) is 9.97. The molecule has 0 aliphatic rings. The molecule has 0 bridgehead atoms. The van der Waals surface area contributed by atoms with Gasteiger partial charge < -0.3 is 0 Å². The van der Waals surface area contributed by atoms with Gasteiger partial charge in [0.1, 0.15) is 12.0 Å². The standard InChI is InChI=1S/C27H18N2O2/c30-16-15-26(24-13-5-9-19-7-1-3-11-22(19)24)29-17-21(18-31)27(28-29)25-14-6-10-20-8-2-4-12-23(20)25/h1-18H/b26-15+. The van der Waals surface area contributed by atoms with Crippen molar-refractivity contribution in [2.45, 2.75) is 0 Å². The third-order valence-corrected chi connectivity index (χ3v) is 5.45. The monoisotopic (exact) mass is 402 g/mol. The van der Waals surface area contributed by atoms with E-state index in [1.807, 2.05) is 84.9 Å². The van der Waals surface area contributed by atoms with Gasteiger partial charge in [0.15, 0.2) is 6.29 Å². The molecule has 0 unspecified atom stereocenters. The first-order chi connectivity index (χ1) is 15.3. The molecule has 1 heterocycles. The fourth-order valence-electron chi connectivity index (χ4n) is 4.04. The van der Waals surface area contributed by atoms with Crippen molar-refractivity contribution >= 4 is 39.8 Å². The summed E-state index contributed by atoms with van der Waals surface area (Å²) in [7, 11) is 0. The van der Waals surface area contributed by atoms with Crippen molar-refractivity contribution in [3.8, 4) is 11.3 Å². The zero-order valence-corrected chi connectivity index (χ0v) is 16.6. The number of carbonyl (C=O) groups excluding carboxylic acids is 2. The Bertz CT molecular complexity index is 1470. The van der Waals surface area contributed by atoms with Crippen LogP contribution < -0.4 is 0 Å². The lowest BCUT2D eigenvalue weighted by atomic mass is 10.0. The molecule has 148 valence electrons. The molecule has 0 saturated heterocycles. The fraction of sp³-hybridized carbons (Fsp3) is 0. The molecule has 1 aromatic heterocycles. The molecule has 4 nitrogen and oxygen atoms in total. The quantitative estimate of drug-likeness (QED) is 0.278. The van der Waals surface area contributed by atoms with Crippen LogP contribution in [0.15, 0.2) is 97.2 Å². The van der Waals surface area contributed by atoms with Gasteiger partial charge in [0.05, 0.1) is 11.3 Å². The molecular formula is C27H18N2O2. The maximum atomic E-state index is 11.9. The molecule has 5 aromatic rings. The molecule has 0 aliphatic heterocycles. The normalized spacial score (nSPS) is 11.7. The molecule has 31 heavy (non-hydrogen) atoms. The maximum absolute atomic E-state index is 11.9. The van der Waals surface area contributed by atoms with Crippen LogP contribution in [0.5, 0.6) is 0 Å². The number of benzene rings is 4. The summed E-state index contributed by atoms with van der Waals surface area (Å²) in [6.07, 6.45) is 4.72. The minimum absolute atomic E-state index is 0.466. The van der Waals surface area contributed by atoms with Crippen LogP contribution in [-0.2, 0) is 4.79 Å². The second kappa shape index (κ2) is 7.84. The molecular weight excluding hydrogens is 384 g/mol. The van der Waals surface area contributed by atoms with E-state index in [9.17, 15) is 9.59 Å². The average molecular weight is 402 g/mol. The Morgan fingerprint density at radius 3 is 2.13 bits per heavy atom. The van der Waals surface area contributed by atoms with Crippen LogP contribution in [0, 0.1) is 0 Å². The van der Waals surface area contributed by atoms with Gasteiger partial charge in [-0.2, -0.15) is 5.10 Å². The van der Waals surface area contributed by atoms with Crippen LogP contribution in [0.3, 0.4) is 0 Å². The topological polar surface area (TPSA) is 52.0 Å². The highest BCUT2D eigenvalue weighted by atomic mass is 16.1. The number of aromatic nitrogens is 2. The Kier molecular flexibility index (Phi) is 4.73. The third-order valence-electron chi connectivity index (χ3n) is 5.45. The zero-order chi connectivity index (χ0) is 21.2. The van der Waals surface area contributed by atoms with Crippen molar-refractivity contribution in [1.82, 2.24) is 9.78 Å². The summed E-state index contributed by atoms with van der Waals surface area (Å²) in [6, 6.07) is 27.9. The Hall–Kier alpha value is -4.31. The van der Waals surface area contributed by atoms with E-state index in [4.69, 9.17) is 5.10 Å². The van der Waals surface area contributed by atoms with Crippen LogP contribution in [0.2, 0.25) is 0 Å². The Morgan fingerprint density at radius 1 is 0.742 bits per heavy atom. The van der Waals surface area contributed by atoms with E-state index in [2.05, 4.69) is 0 Å². The van der Waals surface area contributed by atoms with E-state index in [1.54, 1.807) is 10.9 Å². The van der Waals surface area contributed by atoms with Gasteiger partial charge in [-0.15, -0.1) is 0 Å². The lowest BCUT2D eigenvalue weighted by Crippen LogP contribution is -2.01. The van der Waals surface area contributed by atoms with Crippen LogP contribution in [0.25, 0.3) is 38.5 Å². The summed E-state index contributed by atoms with van der Waals surface area (Å²) in [5, 5.41) is 8.92. The van der Waals surface area contributed by atoms with E-state index in [1.165, 1.54) is 6.08 Å². The van der Waals surface area contributed by atoms with Gasteiger partial charge in [-0.3, -0.25) is 9.59 Å². The highest BCUT2D eigenvalue weighted by molar-refractivity contribution is 6.01. The SMILES string of the molecule is O=C/C=C(\c1cccc2ccccc12)n1cc(C=O)c(-c2cccc3ccccc23)n1. The second-order valence-electron chi connectivity index (χ2n) is 7.24. The number of hydrogen-bond donors (Lipinski definition) is 0. The van der Waals surface area contributed by atoms with E-state index in [0.717, 1.165) is 45.2 Å². The summed E-state index contributed by atoms with van der Waals surface area (Å²) in [5.41, 5.74) is 3.41. The summed E-state index contributed by atoms with van der Waals surface area (Å²) in [6.45, 7) is 0. The minimum atomic E-state index is 0.466. The highest BCUT2D eigenvalue weighted by Gasteiger charge is 2.17. The van der Waals surface area contributed by atoms with Crippen molar-refractivity contribution in [2.75, 3.05) is 0 Å². The smallest absolute Gasteiger partial charge is 0.153 e. The van der Waals surface area contributed by atoms with Crippen molar-refractivity contribution in [1.29, 1.82) is 0 Å². The van der Waals surface area contributed by atoms with Crippen LogP contribution in [-0.4, -0.2) is 22.4 Å². The van der Waals surface area contributed by atoms with Crippen LogP contribution in [0.4, 0.5) is 0 Å². The minimum Gasteiger partial charge on any atom is -0.298 e. The largest absolute Gasteiger partial charge is 0.298 e. The zero-order valence-electron chi connectivity index (χ0n) is 16.6. The van der Waals surface area contributed by atoms with E-state index in [-0.39, 0.29) is 0 Å². The Morgan fingerprint density at radius 2 is 1.39 bits per heavy atom. The van der Waals surface area contributed by atoms with Crippen LogP contribution >= 0.6 is 0 Å². The summed E-state index contributed by atoms with van der Waals surface area (Å²) < 4.78 is 1.62. The molecule has 4 aromatic carbocycles. The van der Waals surface area contributed by atoms with E-state index >= 15 is 0 Å². The van der Waals surface area contributed by atoms with Gasteiger partial charge in [-0.05, 0) is 21.5 Å². The average Bonchev–Trinajstić information content (AvgIpc) is 3.26. The second-order valence-corrected chi connectivity index (χ2v) is 7.24. The van der Waals surface area contributed by atoms with Gasteiger partial charge in [0, 0.05) is 23.4 Å². The number of allylic oxidation sites excluding steroid dienone is 1. The van der Waals surface area contributed by atoms with Crippen LogP contribution in [0.1, 0.15) is 15.9 Å². The van der Waals surface area contributed by atoms with Gasteiger partial charge in [-0.25, -0.2) is 4.68 Å². The van der Waals surface area contributed by atoms with Crippen molar-refractivity contribution in [3.63, 3.8) is 0 Å². The predicted molar refractivity (Wildman–Crippen MR) is 124 cm³/mol. The highest BCUT2D eigenvalue weighted by Crippen LogP contribution is 2.32. The lowest BCUT2D eigenvalue weighted by molar-refractivity contribution is -0.104. The fourth-order valence-corrected chi connectivity index (χ4v) is 4.04. The number of carbonyl (C=O) groups is 2. The number of hydrogen-bond acceptors (Lipinski definition) is 3. The summed E-state index contributed by atoms with van der Waals surface area (Å²) in [4.78, 5) is 23.5. The predicted octanol–water partition coefficient (Wildman–Crippen LogP) is 5.76. The molecule has 0 N–H and O–H groups in total. The van der Waals surface area contributed by atoms with Crippen molar-refractivity contribution < 1.29 is 9.59 Å². The molecule has 0 fully saturated rings. The third kappa shape index (κ3) is 3.24. The van der Waals surface area contributed by atoms with Crippen molar-refractivity contribution in [3.05, 3.63) is 108 Å². The first-order valence-electron chi connectivity index (χ1n) is 9.97. The van der Waals surface area contributed by atoms with E-state index < -0.39 is 0 Å². The number of aldehydes is 2. The molecule has 0 radical (unpaired) electrons. The maximum Gasteiger partial charge on any atom is 0.153 e. The molecule has 0 aliphatic carbocycles. The number of rotatable bonds is 5. The van der Waals surface area contributed by atoms with E-state index in [0.29, 0.717) is 17.0 Å². The van der Waals surface area contributed by atoms with Gasteiger partial charge in [0.25, 0.3) is 0 Å². The summed E-state index contributed by atoms with van der Waals surface area (Å²) >= 11 is 0. The molecule has 5 rings (SSSR count). The molecule has 0 atom stereocenters. The number of nitrogens with zero attached hydrogens (tertiary/aromatic N) is 2. The van der Waals surface area contributed by atoms with Gasteiger partial charge in [-0.1, -0.05) is 84.9 Å². The first kappa shape index (κ1) is 18.7. The number of fused-ring (bicyclic) bond motifs is 2. The molecule has 4 heteroatoms.